The molecule has 1 fully saturated rings. The van der Waals surface area contributed by atoms with Crippen LogP contribution in [0.1, 0.15) is 30.4 Å². The first kappa shape index (κ1) is 23.9. The predicted molar refractivity (Wildman–Crippen MR) is 134 cm³/mol. The Kier molecular flexibility index (Phi) is 6.72. The lowest BCUT2D eigenvalue weighted by atomic mass is 10.2. The summed E-state index contributed by atoms with van der Waals surface area (Å²) in [5.41, 5.74) is 2.44. The van der Waals surface area contributed by atoms with Gasteiger partial charge in [0.2, 0.25) is 5.91 Å². The van der Waals surface area contributed by atoms with Crippen LogP contribution in [0.5, 0.6) is 5.75 Å². The maximum Gasteiger partial charge on any atom is 0.352 e. The third-order valence-corrected chi connectivity index (χ3v) is 7.60. The molecule has 3 aromatic heterocycles. The molecule has 1 aliphatic heterocycles. The molecule has 9 nitrogen and oxygen atoms in total. The van der Waals surface area contributed by atoms with Gasteiger partial charge < -0.3 is 9.64 Å². The molecule has 34 heavy (non-hydrogen) atoms. The number of benzene rings is 1. The number of carbonyl (C=O) groups is 1. The van der Waals surface area contributed by atoms with Gasteiger partial charge in [-0.15, -0.1) is 11.3 Å². The number of ether oxygens (including phenoxy) is 1. The van der Waals surface area contributed by atoms with E-state index in [9.17, 15) is 9.59 Å². The van der Waals surface area contributed by atoms with Gasteiger partial charge in [-0.2, -0.15) is 9.61 Å². The van der Waals surface area contributed by atoms with Gasteiger partial charge in [-0.05, 0) is 37.1 Å². The molecular weight excluding hydrogens is 452 g/mol. The van der Waals surface area contributed by atoms with Crippen LogP contribution in [0.3, 0.4) is 0 Å². The van der Waals surface area contributed by atoms with Crippen LogP contribution in [0.15, 0.2) is 35.4 Å². The van der Waals surface area contributed by atoms with Crippen molar-refractivity contribution in [1.82, 2.24) is 29.0 Å². The standard InChI is InChI=1S/C23H26N6O3S.CH4/c1-4-27-10-9-26(13-19(27)30)12-18-15(2)20-21-24-14-25-29(21)23(31)28(22(20)33-18)11-16-5-7-17(32-3)8-6-16;/h5-8,14H,4,9-13H2,1-3H3;1H4. The van der Waals surface area contributed by atoms with E-state index in [0.29, 0.717) is 25.3 Å². The quantitative estimate of drug-likeness (QED) is 0.420. The maximum absolute atomic E-state index is 13.3. The largest absolute Gasteiger partial charge is 0.497 e. The van der Waals surface area contributed by atoms with Gasteiger partial charge in [-0.25, -0.2) is 9.78 Å². The first-order valence-corrected chi connectivity index (χ1v) is 11.8. The van der Waals surface area contributed by atoms with Gasteiger partial charge >= 0.3 is 5.69 Å². The molecule has 1 saturated heterocycles. The highest BCUT2D eigenvalue weighted by molar-refractivity contribution is 7.19. The number of rotatable bonds is 6. The van der Waals surface area contributed by atoms with Crippen molar-refractivity contribution in [3.8, 4) is 5.75 Å². The molecular formula is C24H30N6O3S. The number of thiophene rings is 1. The summed E-state index contributed by atoms with van der Waals surface area (Å²) in [4.78, 5) is 36.2. The Hall–Kier alpha value is -3.24. The van der Waals surface area contributed by atoms with Crippen molar-refractivity contribution < 1.29 is 9.53 Å². The Labute approximate surface area is 202 Å². The van der Waals surface area contributed by atoms with Gasteiger partial charge in [0.05, 0.1) is 25.6 Å². The number of piperazine rings is 1. The molecule has 0 unspecified atom stereocenters. The summed E-state index contributed by atoms with van der Waals surface area (Å²) < 4.78 is 8.39. The molecule has 0 saturated carbocycles. The Morgan fingerprint density at radius 3 is 2.56 bits per heavy atom. The zero-order valence-corrected chi connectivity index (χ0v) is 19.8. The fourth-order valence-corrected chi connectivity index (χ4v) is 5.72. The van der Waals surface area contributed by atoms with Crippen molar-refractivity contribution in [2.24, 2.45) is 0 Å². The molecule has 0 spiro atoms. The molecule has 0 radical (unpaired) electrons. The molecule has 0 bridgehead atoms. The Balaban J connectivity index is 0.00000274. The van der Waals surface area contributed by atoms with Gasteiger partial charge in [-0.3, -0.25) is 14.3 Å². The van der Waals surface area contributed by atoms with Crippen molar-refractivity contribution in [2.75, 3.05) is 33.3 Å². The summed E-state index contributed by atoms with van der Waals surface area (Å²) >= 11 is 1.60. The summed E-state index contributed by atoms with van der Waals surface area (Å²) in [7, 11) is 1.63. The number of amides is 1. The van der Waals surface area contributed by atoms with E-state index in [-0.39, 0.29) is 19.0 Å². The highest BCUT2D eigenvalue weighted by atomic mass is 32.1. The predicted octanol–water partition coefficient (Wildman–Crippen LogP) is 2.77. The molecule has 5 rings (SSSR count). The lowest BCUT2D eigenvalue weighted by molar-refractivity contribution is -0.135. The smallest absolute Gasteiger partial charge is 0.352 e. The molecule has 1 aliphatic rings. The molecule has 4 heterocycles. The summed E-state index contributed by atoms with van der Waals surface area (Å²) in [6.07, 6.45) is 1.42. The maximum atomic E-state index is 13.3. The number of aryl methyl sites for hydroxylation is 1. The average Bonchev–Trinajstić information content (AvgIpc) is 3.42. The Morgan fingerprint density at radius 1 is 1.12 bits per heavy atom. The van der Waals surface area contributed by atoms with E-state index in [2.05, 4.69) is 21.9 Å². The monoisotopic (exact) mass is 482 g/mol. The second-order valence-corrected chi connectivity index (χ2v) is 9.31. The SMILES string of the molecule is C.CCN1CCN(Cc2sc3c(c2C)c2ncnn2c(=O)n3Cc2ccc(OC)cc2)CC1=O. The van der Waals surface area contributed by atoms with Crippen molar-refractivity contribution in [2.45, 2.75) is 34.4 Å². The number of likely N-dealkylation sites (N-methyl/N-ethyl adjacent to an activating group) is 1. The van der Waals surface area contributed by atoms with E-state index >= 15 is 0 Å². The molecule has 0 N–H and O–H groups in total. The molecule has 10 heteroatoms. The fraction of sp³-hybridized carbons (Fsp3) is 0.417. The molecule has 1 amide bonds. The number of carbonyl (C=O) groups excluding carboxylic acids is 1. The minimum Gasteiger partial charge on any atom is -0.497 e. The number of fused-ring (bicyclic) bond motifs is 3. The van der Waals surface area contributed by atoms with Crippen LogP contribution in [0.4, 0.5) is 0 Å². The van der Waals surface area contributed by atoms with Crippen LogP contribution in [0, 0.1) is 6.92 Å². The van der Waals surface area contributed by atoms with Crippen molar-refractivity contribution in [1.29, 1.82) is 0 Å². The van der Waals surface area contributed by atoms with E-state index in [1.807, 2.05) is 36.1 Å². The summed E-state index contributed by atoms with van der Waals surface area (Å²) in [6.45, 7) is 7.91. The van der Waals surface area contributed by atoms with Crippen LogP contribution in [-0.4, -0.2) is 68.2 Å². The van der Waals surface area contributed by atoms with Gasteiger partial charge in [0.15, 0.2) is 5.65 Å². The second kappa shape index (κ2) is 9.55. The van der Waals surface area contributed by atoms with Crippen LogP contribution in [0.2, 0.25) is 0 Å². The van der Waals surface area contributed by atoms with Gasteiger partial charge in [0.1, 0.15) is 16.9 Å². The lowest BCUT2D eigenvalue weighted by Gasteiger charge is -2.33. The van der Waals surface area contributed by atoms with Crippen LogP contribution < -0.4 is 10.4 Å². The number of nitrogens with zero attached hydrogens (tertiary/aromatic N) is 6. The zero-order chi connectivity index (χ0) is 23.1. The Morgan fingerprint density at radius 2 is 1.88 bits per heavy atom. The first-order valence-electron chi connectivity index (χ1n) is 11.0. The summed E-state index contributed by atoms with van der Waals surface area (Å²) in [5.74, 6) is 0.939. The van der Waals surface area contributed by atoms with E-state index in [1.54, 1.807) is 23.0 Å². The lowest BCUT2D eigenvalue weighted by Crippen LogP contribution is -2.49. The van der Waals surface area contributed by atoms with Crippen LogP contribution in [-0.2, 0) is 17.9 Å². The zero-order valence-electron chi connectivity index (χ0n) is 18.9. The Bertz CT molecular complexity index is 1390. The summed E-state index contributed by atoms with van der Waals surface area (Å²) in [6, 6.07) is 7.71. The second-order valence-electron chi connectivity index (χ2n) is 8.23. The number of aromatic nitrogens is 4. The van der Waals surface area contributed by atoms with Crippen LogP contribution >= 0.6 is 11.3 Å². The van der Waals surface area contributed by atoms with E-state index in [0.717, 1.165) is 51.6 Å². The van der Waals surface area contributed by atoms with Crippen LogP contribution in [0.25, 0.3) is 15.9 Å². The minimum absolute atomic E-state index is 0. The first-order chi connectivity index (χ1) is 16.0. The topological polar surface area (TPSA) is 85.0 Å². The van der Waals surface area contributed by atoms with E-state index < -0.39 is 0 Å². The normalized spacial score (nSPS) is 14.7. The van der Waals surface area contributed by atoms with Crippen molar-refractivity contribution >= 4 is 33.1 Å². The molecule has 0 aliphatic carbocycles. The molecule has 4 aromatic rings. The number of methoxy groups -OCH3 is 1. The summed E-state index contributed by atoms with van der Waals surface area (Å²) in [5, 5.41) is 5.13. The molecule has 1 aromatic carbocycles. The van der Waals surface area contributed by atoms with E-state index in [4.69, 9.17) is 4.74 Å². The molecule has 180 valence electrons. The average molecular weight is 483 g/mol. The van der Waals surface area contributed by atoms with Crippen molar-refractivity contribution in [3.05, 3.63) is 57.1 Å². The van der Waals surface area contributed by atoms with E-state index in [1.165, 1.54) is 10.8 Å². The van der Waals surface area contributed by atoms with Crippen molar-refractivity contribution in [3.63, 3.8) is 0 Å². The fourth-order valence-electron chi connectivity index (χ4n) is 4.38. The molecule has 0 atom stereocenters. The van der Waals surface area contributed by atoms with Gasteiger partial charge in [0.25, 0.3) is 0 Å². The van der Waals surface area contributed by atoms with Gasteiger partial charge in [-0.1, -0.05) is 19.6 Å². The highest BCUT2D eigenvalue weighted by Crippen LogP contribution is 2.33. The number of hydrogen-bond acceptors (Lipinski definition) is 7. The highest BCUT2D eigenvalue weighted by Gasteiger charge is 2.25. The number of hydrogen-bond donors (Lipinski definition) is 0. The third kappa shape index (κ3) is 4.07. The third-order valence-electron chi connectivity index (χ3n) is 6.30. The minimum atomic E-state index is -0.217. The van der Waals surface area contributed by atoms with Gasteiger partial charge in [0, 0.05) is 31.1 Å².